The number of rotatable bonds is 4. The lowest BCUT2D eigenvalue weighted by Gasteiger charge is -2.32. The normalized spacial score (nSPS) is 15.1. The SMILES string of the molecule is Cc1cccc(NC(=O)COC(=O)C2CCN(C(=O)OC(C)(C)C)CC2)c1C. The quantitative estimate of drug-likeness (QED) is 0.796. The van der Waals surface area contributed by atoms with Crippen molar-refractivity contribution in [1.29, 1.82) is 0 Å². The number of esters is 1. The van der Waals surface area contributed by atoms with Crippen molar-refractivity contribution in [2.45, 2.75) is 53.1 Å². The lowest BCUT2D eigenvalue weighted by Crippen LogP contribution is -2.43. The molecule has 1 fully saturated rings. The maximum Gasteiger partial charge on any atom is 0.410 e. The summed E-state index contributed by atoms with van der Waals surface area (Å²) in [6, 6.07) is 5.64. The number of nitrogens with zero attached hydrogens (tertiary/aromatic N) is 1. The minimum Gasteiger partial charge on any atom is -0.455 e. The van der Waals surface area contributed by atoms with E-state index in [1.165, 1.54) is 0 Å². The molecule has 1 saturated heterocycles. The van der Waals surface area contributed by atoms with Crippen LogP contribution in [-0.4, -0.2) is 48.2 Å². The van der Waals surface area contributed by atoms with Crippen LogP contribution in [-0.2, 0) is 19.1 Å². The van der Waals surface area contributed by atoms with Gasteiger partial charge in [-0.1, -0.05) is 12.1 Å². The highest BCUT2D eigenvalue weighted by Gasteiger charge is 2.30. The number of carbonyl (C=O) groups excluding carboxylic acids is 3. The molecule has 0 unspecified atom stereocenters. The first-order valence-corrected chi connectivity index (χ1v) is 9.57. The van der Waals surface area contributed by atoms with Crippen LogP contribution in [0.5, 0.6) is 0 Å². The Hall–Kier alpha value is -2.57. The summed E-state index contributed by atoms with van der Waals surface area (Å²) in [5, 5.41) is 2.77. The van der Waals surface area contributed by atoms with Gasteiger partial charge in [0.15, 0.2) is 6.61 Å². The smallest absolute Gasteiger partial charge is 0.410 e. The highest BCUT2D eigenvalue weighted by Crippen LogP contribution is 2.21. The minimum absolute atomic E-state index is 0.313. The van der Waals surface area contributed by atoms with Gasteiger partial charge < -0.3 is 19.7 Å². The predicted molar refractivity (Wildman–Crippen MR) is 106 cm³/mol. The second-order valence-corrected chi connectivity index (χ2v) is 8.15. The molecule has 0 spiro atoms. The molecule has 1 aliphatic heterocycles. The van der Waals surface area contributed by atoms with E-state index >= 15 is 0 Å². The number of ether oxygens (including phenoxy) is 2. The summed E-state index contributed by atoms with van der Waals surface area (Å²) in [5.41, 5.74) is 2.23. The Bertz CT molecular complexity index is 731. The Labute approximate surface area is 166 Å². The molecule has 1 aromatic rings. The molecule has 7 heteroatoms. The second kappa shape index (κ2) is 9.08. The van der Waals surface area contributed by atoms with Gasteiger partial charge in [-0.25, -0.2) is 4.79 Å². The number of likely N-dealkylation sites (tertiary alicyclic amines) is 1. The minimum atomic E-state index is -0.546. The van der Waals surface area contributed by atoms with Gasteiger partial charge >= 0.3 is 12.1 Å². The number of nitrogens with one attached hydrogen (secondary N) is 1. The predicted octanol–water partition coefficient (Wildman–Crippen LogP) is 3.43. The van der Waals surface area contributed by atoms with E-state index in [1.54, 1.807) is 4.90 Å². The fraction of sp³-hybridized carbons (Fsp3) is 0.571. The maximum atomic E-state index is 12.2. The number of anilines is 1. The zero-order valence-corrected chi connectivity index (χ0v) is 17.3. The Morgan fingerprint density at radius 1 is 1.14 bits per heavy atom. The molecule has 1 aliphatic rings. The van der Waals surface area contributed by atoms with Gasteiger partial charge in [0.2, 0.25) is 0 Å². The number of hydrogen-bond donors (Lipinski definition) is 1. The Morgan fingerprint density at radius 2 is 1.79 bits per heavy atom. The van der Waals surface area contributed by atoms with E-state index < -0.39 is 11.6 Å². The summed E-state index contributed by atoms with van der Waals surface area (Å²) in [5.74, 6) is -1.08. The summed E-state index contributed by atoms with van der Waals surface area (Å²) in [7, 11) is 0. The topological polar surface area (TPSA) is 84.9 Å². The second-order valence-electron chi connectivity index (χ2n) is 8.15. The van der Waals surface area contributed by atoms with Crippen molar-refractivity contribution in [2.75, 3.05) is 25.0 Å². The van der Waals surface area contributed by atoms with E-state index in [1.807, 2.05) is 52.8 Å². The molecule has 7 nitrogen and oxygen atoms in total. The van der Waals surface area contributed by atoms with Crippen LogP contribution in [0.2, 0.25) is 0 Å². The lowest BCUT2D eigenvalue weighted by atomic mass is 9.97. The van der Waals surface area contributed by atoms with Gasteiger partial charge in [0, 0.05) is 18.8 Å². The van der Waals surface area contributed by atoms with E-state index in [2.05, 4.69) is 5.32 Å². The van der Waals surface area contributed by atoms with Gasteiger partial charge in [-0.2, -0.15) is 0 Å². The standard InChI is InChI=1S/C21H30N2O5/c1-14-7-6-8-17(15(14)2)22-18(24)13-27-19(25)16-9-11-23(12-10-16)20(26)28-21(3,4)5/h6-8,16H,9-13H2,1-5H3,(H,22,24). The highest BCUT2D eigenvalue weighted by molar-refractivity contribution is 5.93. The molecule has 0 atom stereocenters. The monoisotopic (exact) mass is 390 g/mol. The Balaban J connectivity index is 1.76. The largest absolute Gasteiger partial charge is 0.455 e. The molecule has 154 valence electrons. The third-order valence-electron chi connectivity index (χ3n) is 4.70. The summed E-state index contributed by atoms with van der Waals surface area (Å²) in [6.07, 6.45) is 0.625. The molecule has 2 rings (SSSR count). The number of benzene rings is 1. The van der Waals surface area contributed by atoms with E-state index in [0.29, 0.717) is 31.6 Å². The molecule has 1 aromatic carbocycles. The number of hydrogen-bond acceptors (Lipinski definition) is 5. The van der Waals surface area contributed by atoms with Crippen molar-refractivity contribution in [1.82, 2.24) is 4.90 Å². The summed E-state index contributed by atoms with van der Waals surface area (Å²) < 4.78 is 10.5. The van der Waals surface area contributed by atoms with Gasteiger partial charge in [0.25, 0.3) is 5.91 Å². The van der Waals surface area contributed by atoms with Crippen molar-refractivity contribution in [2.24, 2.45) is 5.92 Å². The zero-order chi connectivity index (χ0) is 20.9. The molecule has 1 N–H and O–H groups in total. The lowest BCUT2D eigenvalue weighted by molar-refractivity contribution is -0.153. The van der Waals surface area contributed by atoms with Gasteiger partial charge in [0.1, 0.15) is 5.60 Å². The fourth-order valence-corrected chi connectivity index (χ4v) is 2.95. The first-order valence-electron chi connectivity index (χ1n) is 9.57. The number of aryl methyl sites for hydroxylation is 1. The molecule has 0 aliphatic carbocycles. The van der Waals surface area contributed by atoms with Crippen LogP contribution in [0.4, 0.5) is 10.5 Å². The molecule has 0 bridgehead atoms. The van der Waals surface area contributed by atoms with E-state index in [0.717, 1.165) is 11.1 Å². The first-order chi connectivity index (χ1) is 13.1. The van der Waals surface area contributed by atoms with Crippen LogP contribution in [0.1, 0.15) is 44.7 Å². The van der Waals surface area contributed by atoms with Crippen molar-refractivity contribution < 1.29 is 23.9 Å². The van der Waals surface area contributed by atoms with Crippen LogP contribution in [0.15, 0.2) is 18.2 Å². The van der Waals surface area contributed by atoms with Crippen LogP contribution < -0.4 is 5.32 Å². The van der Waals surface area contributed by atoms with Crippen molar-refractivity contribution in [3.63, 3.8) is 0 Å². The van der Waals surface area contributed by atoms with Crippen LogP contribution in [0.3, 0.4) is 0 Å². The fourth-order valence-electron chi connectivity index (χ4n) is 2.95. The van der Waals surface area contributed by atoms with Crippen molar-refractivity contribution >= 4 is 23.7 Å². The Kier molecular flexibility index (Phi) is 7.05. The zero-order valence-electron chi connectivity index (χ0n) is 17.3. The van der Waals surface area contributed by atoms with Gasteiger partial charge in [0.05, 0.1) is 5.92 Å². The van der Waals surface area contributed by atoms with Crippen LogP contribution in [0.25, 0.3) is 0 Å². The van der Waals surface area contributed by atoms with E-state index in [4.69, 9.17) is 9.47 Å². The number of amides is 2. The van der Waals surface area contributed by atoms with Gasteiger partial charge in [-0.15, -0.1) is 0 Å². The highest BCUT2D eigenvalue weighted by atomic mass is 16.6. The molecule has 28 heavy (non-hydrogen) atoms. The average Bonchev–Trinajstić information content (AvgIpc) is 2.62. The number of piperidine rings is 1. The maximum absolute atomic E-state index is 12.2. The average molecular weight is 390 g/mol. The molecule has 0 aromatic heterocycles. The molecule has 1 heterocycles. The summed E-state index contributed by atoms with van der Waals surface area (Å²) in [4.78, 5) is 38.0. The summed E-state index contributed by atoms with van der Waals surface area (Å²) in [6.45, 7) is 9.89. The third-order valence-corrected chi connectivity index (χ3v) is 4.70. The molecule has 2 amide bonds. The molecule has 0 radical (unpaired) electrons. The van der Waals surface area contributed by atoms with Crippen molar-refractivity contribution in [3.05, 3.63) is 29.3 Å². The van der Waals surface area contributed by atoms with E-state index in [-0.39, 0.29) is 24.5 Å². The third kappa shape index (κ3) is 6.25. The molecule has 0 saturated carbocycles. The van der Waals surface area contributed by atoms with Crippen LogP contribution >= 0.6 is 0 Å². The number of carbonyl (C=O) groups is 3. The van der Waals surface area contributed by atoms with E-state index in [9.17, 15) is 14.4 Å². The first kappa shape index (κ1) is 21.7. The van der Waals surface area contributed by atoms with Gasteiger partial charge in [-0.05, 0) is 64.7 Å². The molecular formula is C21H30N2O5. The van der Waals surface area contributed by atoms with Crippen LogP contribution in [0, 0.1) is 19.8 Å². The summed E-state index contributed by atoms with van der Waals surface area (Å²) >= 11 is 0. The van der Waals surface area contributed by atoms with Gasteiger partial charge in [-0.3, -0.25) is 9.59 Å². The molecular weight excluding hydrogens is 360 g/mol. The Morgan fingerprint density at radius 3 is 2.39 bits per heavy atom. The van der Waals surface area contributed by atoms with Crippen molar-refractivity contribution in [3.8, 4) is 0 Å².